The van der Waals surface area contributed by atoms with Crippen LogP contribution >= 0.6 is 0 Å². The molecule has 0 radical (unpaired) electrons. The van der Waals surface area contributed by atoms with Gasteiger partial charge in [0.1, 0.15) is 11.6 Å². The van der Waals surface area contributed by atoms with Gasteiger partial charge in [0.25, 0.3) is 0 Å². The maximum atomic E-state index is 5.79. The second-order valence-electron chi connectivity index (χ2n) is 6.04. The van der Waals surface area contributed by atoms with Gasteiger partial charge in [0.05, 0.1) is 18.9 Å². The van der Waals surface area contributed by atoms with Gasteiger partial charge in [-0.2, -0.15) is 4.52 Å². The summed E-state index contributed by atoms with van der Waals surface area (Å²) < 4.78 is 13.0. The number of methoxy groups -OCH3 is 1. The zero-order valence-corrected chi connectivity index (χ0v) is 14.8. The second-order valence-corrected chi connectivity index (χ2v) is 6.04. The molecular formula is C20H20N4O2. The Kier molecular flexibility index (Phi) is 4.31. The van der Waals surface area contributed by atoms with Crippen molar-refractivity contribution in [2.75, 3.05) is 19.0 Å². The average molecular weight is 348 g/mol. The molecule has 0 aliphatic carbocycles. The van der Waals surface area contributed by atoms with Crippen LogP contribution in [0.2, 0.25) is 0 Å². The molecule has 132 valence electrons. The predicted octanol–water partition coefficient (Wildman–Crippen LogP) is 3.96. The van der Waals surface area contributed by atoms with Crippen LogP contribution < -0.4 is 10.1 Å². The molecule has 6 heteroatoms. The quantitative estimate of drug-likeness (QED) is 0.571. The third-order valence-corrected chi connectivity index (χ3v) is 4.29. The third kappa shape index (κ3) is 3.13. The molecule has 0 atom stereocenters. The van der Waals surface area contributed by atoms with E-state index in [1.54, 1.807) is 17.8 Å². The van der Waals surface area contributed by atoms with Crippen LogP contribution in [0.25, 0.3) is 17.2 Å². The Labute approximate surface area is 151 Å². The summed E-state index contributed by atoms with van der Waals surface area (Å²) in [5.74, 6) is 2.01. The largest absolute Gasteiger partial charge is 0.496 e. The number of imidazole rings is 1. The van der Waals surface area contributed by atoms with Crippen LogP contribution in [0.5, 0.6) is 5.75 Å². The molecule has 0 spiro atoms. The molecule has 0 bridgehead atoms. The van der Waals surface area contributed by atoms with Gasteiger partial charge < -0.3 is 14.5 Å². The molecule has 4 rings (SSSR count). The minimum absolute atomic E-state index is 0.512. The number of ether oxygens (including phenoxy) is 1. The lowest BCUT2D eigenvalue weighted by Crippen LogP contribution is -2.05. The van der Waals surface area contributed by atoms with Crippen molar-refractivity contribution in [1.29, 1.82) is 0 Å². The summed E-state index contributed by atoms with van der Waals surface area (Å²) >= 11 is 0. The molecule has 26 heavy (non-hydrogen) atoms. The lowest BCUT2D eigenvalue weighted by atomic mass is 10.1. The van der Waals surface area contributed by atoms with Gasteiger partial charge in [-0.05, 0) is 31.0 Å². The van der Waals surface area contributed by atoms with Crippen LogP contribution in [0.1, 0.15) is 11.4 Å². The first kappa shape index (κ1) is 16.2. The summed E-state index contributed by atoms with van der Waals surface area (Å²) in [4.78, 5) is 4.17. The van der Waals surface area contributed by atoms with Crippen molar-refractivity contribution in [1.82, 2.24) is 14.6 Å². The van der Waals surface area contributed by atoms with E-state index in [9.17, 15) is 0 Å². The molecule has 0 aliphatic rings. The first-order valence-corrected chi connectivity index (χ1v) is 8.52. The lowest BCUT2D eigenvalue weighted by molar-refractivity contribution is 0.415. The monoisotopic (exact) mass is 348 g/mol. The predicted molar refractivity (Wildman–Crippen MR) is 101 cm³/mol. The molecule has 2 aromatic heterocycles. The Morgan fingerprint density at radius 2 is 2.00 bits per heavy atom. The van der Waals surface area contributed by atoms with Gasteiger partial charge in [-0.3, -0.25) is 0 Å². The zero-order valence-electron chi connectivity index (χ0n) is 14.8. The van der Waals surface area contributed by atoms with E-state index in [1.165, 1.54) is 5.56 Å². The minimum atomic E-state index is 0.512. The van der Waals surface area contributed by atoms with Gasteiger partial charge in [-0.15, -0.1) is 5.10 Å². The fraction of sp³-hybridized carbons (Fsp3) is 0.200. The first-order chi connectivity index (χ1) is 12.7. The second kappa shape index (κ2) is 6.92. The molecule has 4 aromatic rings. The van der Waals surface area contributed by atoms with E-state index in [0.717, 1.165) is 30.0 Å². The normalized spacial score (nSPS) is 11.0. The molecule has 0 saturated heterocycles. The molecule has 0 fully saturated rings. The fourth-order valence-electron chi connectivity index (χ4n) is 2.90. The fourth-order valence-corrected chi connectivity index (χ4v) is 2.90. The number of nitrogens with one attached hydrogen (secondary N) is 1. The van der Waals surface area contributed by atoms with Crippen molar-refractivity contribution >= 4 is 11.4 Å². The number of hydrogen-bond acceptors (Lipinski definition) is 5. The van der Waals surface area contributed by atoms with Crippen molar-refractivity contribution in [2.45, 2.75) is 13.3 Å². The Morgan fingerprint density at radius 3 is 2.77 bits per heavy atom. The van der Waals surface area contributed by atoms with Crippen LogP contribution in [-0.2, 0) is 6.42 Å². The van der Waals surface area contributed by atoms with Gasteiger partial charge in [-0.25, -0.2) is 4.98 Å². The van der Waals surface area contributed by atoms with E-state index in [4.69, 9.17) is 9.15 Å². The summed E-state index contributed by atoms with van der Waals surface area (Å²) in [5, 5.41) is 7.90. The van der Waals surface area contributed by atoms with Crippen LogP contribution in [-0.4, -0.2) is 28.3 Å². The van der Waals surface area contributed by atoms with Crippen molar-refractivity contribution < 1.29 is 9.15 Å². The van der Waals surface area contributed by atoms with E-state index >= 15 is 0 Å². The first-order valence-electron chi connectivity index (χ1n) is 8.52. The average Bonchev–Trinajstić information content (AvgIpc) is 3.24. The van der Waals surface area contributed by atoms with Crippen molar-refractivity contribution in [3.8, 4) is 17.2 Å². The zero-order chi connectivity index (χ0) is 17.9. The number of fused-ring (bicyclic) bond motifs is 1. The SMILES string of the molecule is COc1cc(NCCc2ccccc2)ccc1-c1nn2c(C)ncc2o1. The molecule has 0 unspecified atom stereocenters. The van der Waals surface area contributed by atoms with Crippen LogP contribution in [0, 0.1) is 6.92 Å². The molecule has 0 aliphatic heterocycles. The molecular weight excluding hydrogens is 328 g/mol. The number of rotatable bonds is 6. The third-order valence-electron chi connectivity index (χ3n) is 4.29. The van der Waals surface area contributed by atoms with Crippen molar-refractivity contribution in [3.05, 3.63) is 66.1 Å². The van der Waals surface area contributed by atoms with E-state index in [-0.39, 0.29) is 0 Å². The summed E-state index contributed by atoms with van der Waals surface area (Å²) in [5.41, 5.74) is 3.73. The van der Waals surface area contributed by atoms with E-state index in [1.807, 2.05) is 31.2 Å². The lowest BCUT2D eigenvalue weighted by Gasteiger charge is -2.10. The van der Waals surface area contributed by atoms with Gasteiger partial charge in [0.2, 0.25) is 11.6 Å². The van der Waals surface area contributed by atoms with Gasteiger partial charge in [0, 0.05) is 18.3 Å². The van der Waals surface area contributed by atoms with E-state index in [2.05, 4.69) is 39.7 Å². The maximum absolute atomic E-state index is 5.79. The highest BCUT2D eigenvalue weighted by molar-refractivity contribution is 5.68. The Morgan fingerprint density at radius 1 is 1.15 bits per heavy atom. The summed E-state index contributed by atoms with van der Waals surface area (Å²) in [6.07, 6.45) is 2.63. The van der Waals surface area contributed by atoms with Gasteiger partial charge >= 0.3 is 0 Å². The van der Waals surface area contributed by atoms with E-state index in [0.29, 0.717) is 17.4 Å². The molecule has 2 aromatic carbocycles. The smallest absolute Gasteiger partial charge is 0.250 e. The highest BCUT2D eigenvalue weighted by Gasteiger charge is 2.15. The topological polar surface area (TPSA) is 64.6 Å². The number of hydrogen-bond donors (Lipinski definition) is 1. The Bertz CT molecular complexity index is 1020. The summed E-state index contributed by atoms with van der Waals surface area (Å²) in [6, 6.07) is 16.3. The molecule has 2 heterocycles. The highest BCUT2D eigenvalue weighted by atomic mass is 16.5. The van der Waals surface area contributed by atoms with Crippen molar-refractivity contribution in [2.24, 2.45) is 0 Å². The molecule has 6 nitrogen and oxygen atoms in total. The Balaban J connectivity index is 1.52. The maximum Gasteiger partial charge on any atom is 0.250 e. The number of aromatic nitrogens is 3. The highest BCUT2D eigenvalue weighted by Crippen LogP contribution is 2.32. The van der Waals surface area contributed by atoms with Gasteiger partial charge in [0.15, 0.2) is 0 Å². The number of benzene rings is 2. The molecule has 0 amide bonds. The Hall–Kier alpha value is -3.28. The van der Waals surface area contributed by atoms with Crippen LogP contribution in [0.15, 0.2) is 59.1 Å². The van der Waals surface area contributed by atoms with Gasteiger partial charge in [-0.1, -0.05) is 30.3 Å². The molecule has 0 saturated carbocycles. The van der Waals surface area contributed by atoms with Crippen molar-refractivity contribution in [3.63, 3.8) is 0 Å². The van der Waals surface area contributed by atoms with Crippen LogP contribution in [0.4, 0.5) is 5.69 Å². The minimum Gasteiger partial charge on any atom is -0.496 e. The van der Waals surface area contributed by atoms with E-state index < -0.39 is 0 Å². The summed E-state index contributed by atoms with van der Waals surface area (Å²) in [7, 11) is 1.65. The standard InChI is InChI=1S/C20H20N4O2/c1-14-22-13-19-24(14)23-20(26-19)17-9-8-16(12-18(17)25-2)21-11-10-15-6-4-3-5-7-15/h3-9,12-13,21H,10-11H2,1-2H3. The summed E-state index contributed by atoms with van der Waals surface area (Å²) in [6.45, 7) is 2.73. The van der Waals surface area contributed by atoms with Crippen LogP contribution in [0.3, 0.4) is 0 Å². The number of aryl methyl sites for hydroxylation is 1. The number of nitrogens with zero attached hydrogens (tertiary/aromatic N) is 3. The molecule has 1 N–H and O–H groups in total. The number of anilines is 1.